The Balaban J connectivity index is 0.000000493. The highest BCUT2D eigenvalue weighted by atomic mass is 31.2. The van der Waals surface area contributed by atoms with Crippen molar-refractivity contribution >= 4 is 36.4 Å². The van der Waals surface area contributed by atoms with Gasteiger partial charge >= 0.3 is 19.7 Å². The zero-order valence-electron chi connectivity index (χ0n) is 21.5. The Hall–Kier alpha value is -4.00. The van der Waals surface area contributed by atoms with E-state index in [9.17, 15) is 32.3 Å². The third-order valence-corrected chi connectivity index (χ3v) is 7.68. The van der Waals surface area contributed by atoms with Crippen molar-refractivity contribution in [2.24, 2.45) is 5.92 Å². The smallest absolute Gasteiger partial charge is 0.475 e. The average Bonchev–Trinajstić information content (AvgIpc) is 3.28. The molecule has 0 bridgehead atoms. The van der Waals surface area contributed by atoms with Crippen LogP contribution in [0.25, 0.3) is 16.9 Å². The topological polar surface area (TPSA) is 170 Å². The van der Waals surface area contributed by atoms with E-state index in [4.69, 9.17) is 9.90 Å². The summed E-state index contributed by atoms with van der Waals surface area (Å²) in [5, 5.41) is 10.4. The van der Waals surface area contributed by atoms with E-state index in [2.05, 4.69) is 32.4 Å². The number of carbonyl (C=O) groups is 1. The second-order valence-electron chi connectivity index (χ2n) is 9.63. The third-order valence-electron chi connectivity index (χ3n) is 6.69. The van der Waals surface area contributed by atoms with E-state index in [1.807, 2.05) is 47.0 Å². The molecule has 15 heteroatoms. The number of aliphatic carboxylic acids is 1. The first-order valence-corrected chi connectivity index (χ1v) is 14.3. The molecule has 4 aromatic rings. The molecule has 11 nitrogen and oxygen atoms in total. The number of aromatic amines is 1. The van der Waals surface area contributed by atoms with Crippen molar-refractivity contribution in [3.05, 3.63) is 76.8 Å². The van der Waals surface area contributed by atoms with E-state index >= 15 is 0 Å². The monoisotopic (exact) mass is 593 g/mol. The highest BCUT2D eigenvalue weighted by Gasteiger charge is 2.38. The third kappa shape index (κ3) is 7.81. The number of H-pyrrole nitrogens is 1. The lowest BCUT2D eigenvalue weighted by Crippen LogP contribution is -2.21. The van der Waals surface area contributed by atoms with Crippen molar-refractivity contribution in [3.8, 4) is 5.69 Å². The van der Waals surface area contributed by atoms with Crippen LogP contribution in [0.5, 0.6) is 0 Å². The fourth-order valence-corrected chi connectivity index (χ4v) is 5.83. The molecule has 0 spiro atoms. The molecule has 1 saturated carbocycles. The number of rotatable bonds is 6. The van der Waals surface area contributed by atoms with Crippen molar-refractivity contribution < 1.29 is 37.4 Å². The number of carboxylic acid groups (broad SMARTS) is 1. The van der Waals surface area contributed by atoms with Gasteiger partial charge in [-0.2, -0.15) is 13.2 Å². The summed E-state index contributed by atoms with van der Waals surface area (Å²) in [5.41, 5.74) is 3.30. The summed E-state index contributed by atoms with van der Waals surface area (Å²) in [6.45, 7) is 0. The van der Waals surface area contributed by atoms with E-state index in [0.717, 1.165) is 37.1 Å². The molecule has 5 N–H and O–H groups in total. The second kappa shape index (κ2) is 12.2. The first kappa shape index (κ1) is 30.0. The van der Waals surface area contributed by atoms with E-state index in [0.29, 0.717) is 17.5 Å². The molecule has 0 atom stereocenters. The standard InChI is InChI=1S/C24H26N5O4P.C2HF3O2/c30-23-21-22(25-15-26-23)29(24(28-21)27-19-4-2-1-3-5-19)20-12-10-18(11-13-20)17-8-6-16(7-9-17)14-34(31,32)33;3-2(4,5)1(6)7/h1-5,10-13,15-17H,6-9,14H2,(H,27,28)(H,25,26,30)(H2,31,32,33);(H,6,7). The van der Waals surface area contributed by atoms with Crippen LogP contribution in [0.15, 0.2) is 65.7 Å². The zero-order chi connectivity index (χ0) is 29.8. The number of anilines is 2. The lowest BCUT2D eigenvalue weighted by atomic mass is 9.79. The molecule has 41 heavy (non-hydrogen) atoms. The van der Waals surface area contributed by atoms with Crippen molar-refractivity contribution in [2.45, 2.75) is 37.8 Å². The predicted molar refractivity (Wildman–Crippen MR) is 145 cm³/mol. The second-order valence-corrected chi connectivity index (χ2v) is 11.3. The van der Waals surface area contributed by atoms with Gasteiger partial charge in [0.1, 0.15) is 0 Å². The van der Waals surface area contributed by atoms with Crippen LogP contribution < -0.4 is 10.9 Å². The van der Waals surface area contributed by atoms with Gasteiger partial charge in [0.05, 0.1) is 18.2 Å². The molecule has 5 rings (SSSR count). The molecule has 1 aliphatic rings. The van der Waals surface area contributed by atoms with Crippen LogP contribution in [0.3, 0.4) is 0 Å². The molecule has 2 aromatic heterocycles. The molecule has 1 aliphatic carbocycles. The molecular weight excluding hydrogens is 566 g/mol. The average molecular weight is 593 g/mol. The predicted octanol–water partition coefficient (Wildman–Crippen LogP) is 4.94. The largest absolute Gasteiger partial charge is 0.490 e. The fourth-order valence-electron chi connectivity index (χ4n) is 4.79. The number of hydrogen-bond donors (Lipinski definition) is 5. The molecule has 2 heterocycles. The molecule has 2 aromatic carbocycles. The summed E-state index contributed by atoms with van der Waals surface area (Å²) in [7, 11) is -3.96. The number of fused-ring (bicyclic) bond motifs is 1. The van der Waals surface area contributed by atoms with E-state index in [1.165, 1.54) is 11.9 Å². The van der Waals surface area contributed by atoms with Crippen LogP contribution in [0, 0.1) is 5.92 Å². The maximum atomic E-state index is 12.4. The molecule has 0 saturated heterocycles. The summed E-state index contributed by atoms with van der Waals surface area (Å²) in [6.07, 6.45) is -0.260. The lowest BCUT2D eigenvalue weighted by molar-refractivity contribution is -0.192. The first-order valence-electron chi connectivity index (χ1n) is 12.5. The van der Waals surface area contributed by atoms with Gasteiger partial charge in [-0.3, -0.25) is 13.9 Å². The minimum atomic E-state index is -5.08. The fraction of sp³-hybridized carbons (Fsp3) is 0.308. The van der Waals surface area contributed by atoms with Crippen LogP contribution >= 0.6 is 7.60 Å². The van der Waals surface area contributed by atoms with Crippen LogP contribution in [-0.4, -0.2) is 52.7 Å². The van der Waals surface area contributed by atoms with Gasteiger partial charge in [0, 0.05) is 5.69 Å². The normalized spacial score (nSPS) is 17.5. The summed E-state index contributed by atoms with van der Waals surface area (Å²) in [6, 6.07) is 17.8. The molecule has 218 valence electrons. The van der Waals surface area contributed by atoms with Gasteiger partial charge in [0.2, 0.25) is 5.95 Å². The SMILES string of the molecule is O=C(O)C(F)(F)F.O=c1[nH]cnc2c1nc(Nc1ccccc1)n2-c1ccc(C2CCC(CP(=O)(O)O)CC2)cc1. The number of hydrogen-bond acceptors (Lipinski definition) is 6. The quantitative estimate of drug-likeness (QED) is 0.194. The minimum absolute atomic E-state index is 0.0182. The van der Waals surface area contributed by atoms with Gasteiger partial charge in [-0.05, 0) is 67.3 Å². The molecule has 0 amide bonds. The maximum Gasteiger partial charge on any atom is 0.490 e. The van der Waals surface area contributed by atoms with E-state index in [1.54, 1.807) is 0 Å². The van der Waals surface area contributed by atoms with Crippen LogP contribution in [0.1, 0.15) is 37.2 Å². The Morgan fingerprint density at radius 1 is 1.05 bits per heavy atom. The van der Waals surface area contributed by atoms with E-state index in [-0.39, 0.29) is 23.2 Å². The number of nitrogens with zero attached hydrogens (tertiary/aromatic N) is 3. The number of benzene rings is 2. The highest BCUT2D eigenvalue weighted by Crippen LogP contribution is 2.44. The first-order chi connectivity index (χ1) is 19.3. The molecule has 0 aliphatic heterocycles. The highest BCUT2D eigenvalue weighted by molar-refractivity contribution is 7.51. The molecule has 1 fully saturated rings. The van der Waals surface area contributed by atoms with Crippen LogP contribution in [0.4, 0.5) is 24.8 Å². The van der Waals surface area contributed by atoms with Crippen LogP contribution in [0.2, 0.25) is 0 Å². The number of para-hydroxylation sites is 1. The van der Waals surface area contributed by atoms with Crippen LogP contribution in [-0.2, 0) is 9.36 Å². The summed E-state index contributed by atoms with van der Waals surface area (Å²) < 4.78 is 44.9. The van der Waals surface area contributed by atoms with Gasteiger partial charge < -0.3 is 25.2 Å². The van der Waals surface area contributed by atoms with Gasteiger partial charge in [-0.15, -0.1) is 0 Å². The Morgan fingerprint density at radius 2 is 1.66 bits per heavy atom. The van der Waals surface area contributed by atoms with Crippen molar-refractivity contribution in [2.75, 3.05) is 11.5 Å². The number of imidazole rings is 1. The summed E-state index contributed by atoms with van der Waals surface area (Å²) in [4.78, 5) is 51.2. The molecular formula is C26H27F3N5O6P. The summed E-state index contributed by atoms with van der Waals surface area (Å²) >= 11 is 0. The zero-order valence-corrected chi connectivity index (χ0v) is 22.3. The van der Waals surface area contributed by atoms with Gasteiger partial charge in [0.25, 0.3) is 5.56 Å². The Bertz CT molecular complexity index is 1590. The van der Waals surface area contributed by atoms with Gasteiger partial charge in [-0.1, -0.05) is 30.3 Å². The number of nitrogens with one attached hydrogen (secondary N) is 2. The lowest BCUT2D eigenvalue weighted by Gasteiger charge is -2.29. The Morgan fingerprint density at radius 3 is 2.22 bits per heavy atom. The summed E-state index contributed by atoms with van der Waals surface area (Å²) in [5.74, 6) is -1.81. The van der Waals surface area contributed by atoms with Gasteiger partial charge in [-0.25, -0.2) is 14.8 Å². The van der Waals surface area contributed by atoms with Crippen molar-refractivity contribution in [3.63, 3.8) is 0 Å². The van der Waals surface area contributed by atoms with Crippen molar-refractivity contribution in [1.29, 1.82) is 0 Å². The number of aromatic nitrogens is 4. The number of carboxylic acids is 1. The molecule has 0 unspecified atom stereocenters. The van der Waals surface area contributed by atoms with Gasteiger partial charge in [0.15, 0.2) is 11.2 Å². The maximum absolute atomic E-state index is 12.4. The minimum Gasteiger partial charge on any atom is -0.475 e. The molecule has 0 radical (unpaired) electrons. The Kier molecular flexibility index (Phi) is 8.95. The van der Waals surface area contributed by atoms with Crippen molar-refractivity contribution in [1.82, 2.24) is 19.5 Å². The Labute approximate surface area is 231 Å². The van der Waals surface area contributed by atoms with E-state index < -0.39 is 19.7 Å². The number of halogens is 3. The number of alkyl halides is 3.